The number of hydrogen-bond acceptors (Lipinski definition) is 5. The van der Waals surface area contributed by atoms with Crippen LogP contribution < -0.4 is 0 Å². The highest BCUT2D eigenvalue weighted by Gasteiger charge is 2.43. The molecule has 2 aliphatic rings. The molecule has 5 nitrogen and oxygen atoms in total. The van der Waals surface area contributed by atoms with Crippen molar-refractivity contribution in [3.63, 3.8) is 0 Å². The van der Waals surface area contributed by atoms with Crippen LogP contribution in [0.3, 0.4) is 0 Å². The number of ether oxygens (including phenoxy) is 2. The highest BCUT2D eigenvalue weighted by molar-refractivity contribution is 7.89. The van der Waals surface area contributed by atoms with Gasteiger partial charge in [-0.3, -0.25) is 0 Å². The van der Waals surface area contributed by atoms with Crippen molar-refractivity contribution in [2.45, 2.75) is 23.5 Å². The van der Waals surface area contributed by atoms with Gasteiger partial charge in [-0.15, -0.1) is 11.3 Å². The molecule has 2 aliphatic heterocycles. The largest absolute Gasteiger partial charge is 0.347 e. The molecule has 0 aromatic carbocycles. The molecule has 0 atom stereocenters. The quantitative estimate of drug-likeness (QED) is 0.816. The molecule has 0 amide bonds. The van der Waals surface area contributed by atoms with Gasteiger partial charge in [0.2, 0.25) is 10.0 Å². The van der Waals surface area contributed by atoms with Crippen LogP contribution in [-0.4, -0.2) is 44.8 Å². The number of sulfonamides is 1. The van der Waals surface area contributed by atoms with Crippen LogP contribution >= 0.6 is 34.5 Å². The maximum atomic E-state index is 12.5. The lowest BCUT2D eigenvalue weighted by Gasteiger charge is -2.36. The minimum Gasteiger partial charge on any atom is -0.347 e. The van der Waals surface area contributed by atoms with Gasteiger partial charge in [0.1, 0.15) is 9.23 Å². The molecular formula is C11H13Cl2NO4S2. The Labute approximate surface area is 131 Å². The first-order chi connectivity index (χ1) is 9.43. The van der Waals surface area contributed by atoms with Gasteiger partial charge < -0.3 is 9.47 Å². The van der Waals surface area contributed by atoms with Crippen molar-refractivity contribution >= 4 is 44.6 Å². The molecule has 9 heteroatoms. The lowest BCUT2D eigenvalue weighted by Crippen LogP contribution is -2.47. The van der Waals surface area contributed by atoms with Gasteiger partial charge in [0.05, 0.1) is 17.6 Å². The van der Waals surface area contributed by atoms with Gasteiger partial charge in [0, 0.05) is 25.9 Å². The van der Waals surface area contributed by atoms with Crippen molar-refractivity contribution in [1.82, 2.24) is 4.31 Å². The zero-order chi connectivity index (χ0) is 14.4. The Morgan fingerprint density at radius 3 is 2.30 bits per heavy atom. The average Bonchev–Trinajstić information content (AvgIpc) is 2.97. The summed E-state index contributed by atoms with van der Waals surface area (Å²) in [6, 6.07) is 1.40. The van der Waals surface area contributed by atoms with E-state index in [1.807, 2.05) is 0 Å². The van der Waals surface area contributed by atoms with E-state index in [-0.39, 0.29) is 9.23 Å². The molecule has 1 spiro atoms. The standard InChI is InChI=1S/C11H13Cl2NO4S2/c12-9-7-8(10(13)19-9)20(15,16)14-3-1-11(2-4-14)17-5-6-18-11/h7H,1-6H2. The second-order valence-corrected chi connectivity index (χ2v) is 8.89. The van der Waals surface area contributed by atoms with Crippen LogP contribution in [0.2, 0.25) is 8.67 Å². The Morgan fingerprint density at radius 1 is 1.20 bits per heavy atom. The van der Waals surface area contributed by atoms with Gasteiger partial charge >= 0.3 is 0 Å². The lowest BCUT2D eigenvalue weighted by molar-refractivity contribution is -0.179. The third-order valence-electron chi connectivity index (χ3n) is 3.54. The van der Waals surface area contributed by atoms with E-state index in [1.54, 1.807) is 0 Å². The molecule has 0 unspecified atom stereocenters. The van der Waals surface area contributed by atoms with Crippen molar-refractivity contribution in [3.05, 3.63) is 14.7 Å². The first-order valence-corrected chi connectivity index (χ1v) is 9.17. The van der Waals surface area contributed by atoms with E-state index in [2.05, 4.69) is 0 Å². The topological polar surface area (TPSA) is 55.8 Å². The summed E-state index contributed by atoms with van der Waals surface area (Å²) in [6.07, 6.45) is 1.06. The van der Waals surface area contributed by atoms with Crippen LogP contribution in [0.5, 0.6) is 0 Å². The third-order valence-corrected chi connectivity index (χ3v) is 7.19. The number of thiophene rings is 1. The zero-order valence-corrected chi connectivity index (χ0v) is 13.6. The van der Waals surface area contributed by atoms with E-state index in [1.165, 1.54) is 10.4 Å². The molecule has 3 rings (SSSR count). The van der Waals surface area contributed by atoms with Gasteiger partial charge in [-0.25, -0.2) is 8.42 Å². The summed E-state index contributed by atoms with van der Waals surface area (Å²) in [5.74, 6) is -0.595. The predicted molar refractivity (Wildman–Crippen MR) is 77.0 cm³/mol. The first-order valence-electron chi connectivity index (χ1n) is 6.16. The number of piperidine rings is 1. The number of hydrogen-bond donors (Lipinski definition) is 0. The first kappa shape index (κ1) is 15.0. The summed E-state index contributed by atoms with van der Waals surface area (Å²) < 4.78 is 38.2. The minimum absolute atomic E-state index is 0.0818. The molecule has 20 heavy (non-hydrogen) atoms. The number of nitrogens with zero attached hydrogens (tertiary/aromatic N) is 1. The fourth-order valence-corrected chi connectivity index (χ4v) is 6.05. The van der Waals surface area contributed by atoms with E-state index in [0.29, 0.717) is 43.5 Å². The molecular weight excluding hydrogens is 345 g/mol. The average molecular weight is 358 g/mol. The normalized spacial score (nSPS) is 23.5. The van der Waals surface area contributed by atoms with Crippen LogP contribution in [0.4, 0.5) is 0 Å². The predicted octanol–water partition coefficient (Wildman–Crippen LogP) is 2.58. The molecule has 3 heterocycles. The molecule has 112 valence electrons. The molecule has 0 bridgehead atoms. The molecule has 0 N–H and O–H groups in total. The van der Waals surface area contributed by atoms with Crippen LogP contribution in [0.15, 0.2) is 11.0 Å². The summed E-state index contributed by atoms with van der Waals surface area (Å²) in [5.41, 5.74) is 0. The highest BCUT2D eigenvalue weighted by atomic mass is 35.5. The van der Waals surface area contributed by atoms with E-state index in [9.17, 15) is 8.42 Å². The minimum atomic E-state index is -3.60. The molecule has 1 aromatic rings. The molecule has 0 radical (unpaired) electrons. The Morgan fingerprint density at radius 2 is 1.80 bits per heavy atom. The van der Waals surface area contributed by atoms with Crippen LogP contribution in [-0.2, 0) is 19.5 Å². The molecule has 1 aromatic heterocycles. The number of halogens is 2. The van der Waals surface area contributed by atoms with Crippen molar-refractivity contribution in [1.29, 1.82) is 0 Å². The smallest absolute Gasteiger partial charge is 0.245 e. The van der Waals surface area contributed by atoms with Gasteiger partial charge in [-0.1, -0.05) is 23.2 Å². The van der Waals surface area contributed by atoms with Crippen molar-refractivity contribution < 1.29 is 17.9 Å². The highest BCUT2D eigenvalue weighted by Crippen LogP contribution is 2.38. The van der Waals surface area contributed by atoms with Crippen LogP contribution in [0.25, 0.3) is 0 Å². The van der Waals surface area contributed by atoms with Gasteiger partial charge in [0.25, 0.3) is 0 Å². The Hall–Kier alpha value is 0.110. The van der Waals surface area contributed by atoms with Gasteiger partial charge in [-0.2, -0.15) is 4.31 Å². The van der Waals surface area contributed by atoms with E-state index < -0.39 is 15.8 Å². The van der Waals surface area contributed by atoms with Gasteiger partial charge in [0.15, 0.2) is 5.79 Å². The molecule has 0 saturated carbocycles. The summed E-state index contributed by atoms with van der Waals surface area (Å²) >= 11 is 12.8. The zero-order valence-electron chi connectivity index (χ0n) is 10.5. The summed E-state index contributed by atoms with van der Waals surface area (Å²) in [5, 5.41) is 0. The Bertz CT molecular complexity index is 600. The van der Waals surface area contributed by atoms with Crippen molar-refractivity contribution in [3.8, 4) is 0 Å². The second kappa shape index (κ2) is 5.39. The second-order valence-electron chi connectivity index (χ2n) is 4.70. The monoisotopic (exact) mass is 357 g/mol. The van der Waals surface area contributed by atoms with Crippen molar-refractivity contribution in [2.75, 3.05) is 26.3 Å². The van der Waals surface area contributed by atoms with E-state index in [4.69, 9.17) is 32.7 Å². The fraction of sp³-hybridized carbons (Fsp3) is 0.636. The molecule has 2 fully saturated rings. The maximum absolute atomic E-state index is 12.5. The van der Waals surface area contributed by atoms with Crippen molar-refractivity contribution in [2.24, 2.45) is 0 Å². The van der Waals surface area contributed by atoms with Crippen LogP contribution in [0, 0.1) is 0 Å². The van der Waals surface area contributed by atoms with Crippen LogP contribution in [0.1, 0.15) is 12.8 Å². The molecule has 2 saturated heterocycles. The summed E-state index contributed by atoms with van der Waals surface area (Å²) in [7, 11) is -3.60. The Kier molecular flexibility index (Phi) is 4.05. The Balaban J connectivity index is 1.78. The fourth-order valence-electron chi connectivity index (χ4n) is 2.49. The maximum Gasteiger partial charge on any atom is 0.245 e. The summed E-state index contributed by atoms with van der Waals surface area (Å²) in [6.45, 7) is 1.84. The molecule has 0 aliphatic carbocycles. The van der Waals surface area contributed by atoms with Gasteiger partial charge in [-0.05, 0) is 6.07 Å². The third kappa shape index (κ3) is 2.61. The van der Waals surface area contributed by atoms with E-state index >= 15 is 0 Å². The number of rotatable bonds is 2. The summed E-state index contributed by atoms with van der Waals surface area (Å²) in [4.78, 5) is 0.0818. The lowest BCUT2D eigenvalue weighted by atomic mass is 10.1. The van der Waals surface area contributed by atoms with E-state index in [0.717, 1.165) is 11.3 Å². The SMILES string of the molecule is O=S(=O)(c1cc(Cl)sc1Cl)N1CCC2(CC1)OCCO2.